The lowest BCUT2D eigenvalue weighted by molar-refractivity contribution is -0.215. The number of carbonyl (C=O) groups is 1. The van der Waals surface area contributed by atoms with E-state index in [1.165, 1.54) is 7.11 Å². The second-order valence-corrected chi connectivity index (χ2v) is 8.10. The van der Waals surface area contributed by atoms with E-state index in [-0.39, 0.29) is 24.1 Å². The van der Waals surface area contributed by atoms with Crippen molar-refractivity contribution in [3.8, 4) is 0 Å². The quantitative estimate of drug-likeness (QED) is 0.748. The van der Waals surface area contributed by atoms with Crippen LogP contribution in [0.2, 0.25) is 0 Å². The largest absolute Gasteiger partial charge is 0.469 e. The predicted octanol–water partition coefficient (Wildman–Crippen LogP) is 4.58. The third-order valence-corrected chi connectivity index (χ3v) is 6.62. The van der Waals surface area contributed by atoms with Crippen molar-refractivity contribution in [1.82, 2.24) is 0 Å². The summed E-state index contributed by atoms with van der Waals surface area (Å²) in [6.45, 7) is 0. The molecule has 4 heteroatoms. The number of methoxy groups -OCH3 is 1. The molecule has 2 aromatic carbocycles. The fourth-order valence-electron chi connectivity index (χ4n) is 5.38. The normalized spacial score (nSPS) is 33.4. The van der Waals surface area contributed by atoms with Crippen LogP contribution in [0, 0.1) is 11.3 Å². The van der Waals surface area contributed by atoms with Crippen LogP contribution >= 0.6 is 0 Å². The first kappa shape index (κ1) is 17.0. The molecule has 4 nitrogen and oxygen atoms in total. The number of carbonyl (C=O) groups excluding carboxylic acids is 1. The molecule has 2 saturated carbocycles. The SMILES string of the molecule is COC(=O)[C@]12CC[C@H](C1)C1(C2)O[C@@H](c2ccccc2)[C@H](c2ccccc2)O1. The highest BCUT2D eigenvalue weighted by atomic mass is 16.8. The molecule has 1 spiro atoms. The number of hydrogen-bond donors (Lipinski definition) is 0. The maximum absolute atomic E-state index is 12.5. The molecule has 2 bridgehead atoms. The molecule has 0 amide bonds. The van der Waals surface area contributed by atoms with Crippen LogP contribution in [0.4, 0.5) is 0 Å². The summed E-state index contributed by atoms with van der Waals surface area (Å²) in [5, 5.41) is 0. The van der Waals surface area contributed by atoms with Crippen LogP contribution in [0.25, 0.3) is 0 Å². The van der Waals surface area contributed by atoms with Crippen molar-refractivity contribution in [2.45, 2.75) is 43.7 Å². The van der Waals surface area contributed by atoms with Gasteiger partial charge in [-0.05, 0) is 30.4 Å². The predicted molar refractivity (Wildman–Crippen MR) is 99.7 cm³/mol. The lowest BCUT2D eigenvalue weighted by Gasteiger charge is -2.35. The minimum Gasteiger partial charge on any atom is -0.469 e. The van der Waals surface area contributed by atoms with E-state index >= 15 is 0 Å². The van der Waals surface area contributed by atoms with Crippen LogP contribution < -0.4 is 0 Å². The van der Waals surface area contributed by atoms with Gasteiger partial charge in [0.2, 0.25) is 0 Å². The van der Waals surface area contributed by atoms with Crippen molar-refractivity contribution in [3.05, 3.63) is 71.8 Å². The average Bonchev–Trinajstić information content (AvgIpc) is 3.41. The zero-order chi connectivity index (χ0) is 18.5. The van der Waals surface area contributed by atoms with E-state index in [0.717, 1.165) is 30.4 Å². The molecule has 1 aliphatic heterocycles. The fourth-order valence-corrected chi connectivity index (χ4v) is 5.38. The second-order valence-electron chi connectivity index (χ2n) is 8.10. The zero-order valence-electron chi connectivity index (χ0n) is 15.5. The van der Waals surface area contributed by atoms with Crippen molar-refractivity contribution in [2.24, 2.45) is 11.3 Å². The van der Waals surface area contributed by atoms with Gasteiger partial charge in [-0.3, -0.25) is 4.79 Å². The number of esters is 1. The maximum Gasteiger partial charge on any atom is 0.312 e. The Morgan fingerprint density at radius 3 is 2.04 bits per heavy atom. The summed E-state index contributed by atoms with van der Waals surface area (Å²) >= 11 is 0. The van der Waals surface area contributed by atoms with Crippen molar-refractivity contribution >= 4 is 5.97 Å². The Labute approximate surface area is 159 Å². The third kappa shape index (κ3) is 2.54. The van der Waals surface area contributed by atoms with E-state index in [4.69, 9.17) is 14.2 Å². The molecule has 1 saturated heterocycles. The molecule has 0 unspecified atom stereocenters. The molecule has 0 aromatic heterocycles. The minimum atomic E-state index is -0.701. The average molecular weight is 364 g/mol. The molecule has 1 heterocycles. The Bertz CT molecular complexity index is 786. The van der Waals surface area contributed by atoms with Crippen molar-refractivity contribution in [3.63, 3.8) is 0 Å². The first-order valence-corrected chi connectivity index (χ1v) is 9.70. The summed E-state index contributed by atoms with van der Waals surface area (Å²) in [6.07, 6.45) is 2.83. The molecule has 0 N–H and O–H groups in total. The van der Waals surface area contributed by atoms with Crippen molar-refractivity contribution < 1.29 is 19.0 Å². The topological polar surface area (TPSA) is 44.8 Å². The summed E-state index contributed by atoms with van der Waals surface area (Å²) < 4.78 is 18.5. The lowest BCUT2D eigenvalue weighted by Crippen LogP contribution is -2.40. The Morgan fingerprint density at radius 2 is 1.52 bits per heavy atom. The number of ether oxygens (including phenoxy) is 3. The fraction of sp³-hybridized carbons (Fsp3) is 0.435. The third-order valence-electron chi connectivity index (χ3n) is 6.62. The van der Waals surface area contributed by atoms with Gasteiger partial charge in [-0.1, -0.05) is 60.7 Å². The molecule has 4 atom stereocenters. The van der Waals surface area contributed by atoms with Gasteiger partial charge in [-0.25, -0.2) is 0 Å². The zero-order valence-corrected chi connectivity index (χ0v) is 15.5. The van der Waals surface area contributed by atoms with Crippen LogP contribution in [0.5, 0.6) is 0 Å². The minimum absolute atomic E-state index is 0.117. The Kier molecular flexibility index (Phi) is 3.88. The highest BCUT2D eigenvalue weighted by Gasteiger charge is 2.68. The highest BCUT2D eigenvalue weighted by Crippen LogP contribution is 2.66. The molecule has 3 aliphatic rings. The molecule has 2 aliphatic carbocycles. The summed E-state index contributed by atoms with van der Waals surface area (Å²) in [5.74, 6) is -0.585. The van der Waals surface area contributed by atoms with E-state index in [1.807, 2.05) is 36.4 Å². The van der Waals surface area contributed by atoms with Crippen LogP contribution in [0.1, 0.15) is 49.0 Å². The van der Waals surface area contributed by atoms with Gasteiger partial charge in [0.15, 0.2) is 5.79 Å². The van der Waals surface area contributed by atoms with E-state index in [2.05, 4.69) is 24.3 Å². The number of benzene rings is 2. The lowest BCUT2D eigenvalue weighted by atomic mass is 9.82. The van der Waals surface area contributed by atoms with Gasteiger partial charge in [0.1, 0.15) is 12.2 Å². The molecule has 5 rings (SSSR count). The summed E-state index contributed by atoms with van der Waals surface area (Å²) in [6, 6.07) is 20.5. The maximum atomic E-state index is 12.5. The first-order chi connectivity index (χ1) is 13.2. The molecule has 140 valence electrons. The van der Waals surface area contributed by atoms with Crippen molar-refractivity contribution in [1.29, 1.82) is 0 Å². The van der Waals surface area contributed by atoms with Gasteiger partial charge in [0.05, 0.1) is 12.5 Å². The molecular formula is C23H24O4. The number of rotatable bonds is 3. The van der Waals surface area contributed by atoms with E-state index in [9.17, 15) is 4.79 Å². The molecule has 27 heavy (non-hydrogen) atoms. The van der Waals surface area contributed by atoms with Crippen LogP contribution in [0.15, 0.2) is 60.7 Å². The standard InChI is InChI=1S/C23H24O4/c1-25-21(24)22-13-12-18(14-22)23(15-22)26-19(16-8-4-2-5-9-16)20(27-23)17-10-6-3-7-11-17/h2-11,18-20H,12-15H2,1H3/t18-,19+,20+,22-/m1/s1. The number of hydrogen-bond acceptors (Lipinski definition) is 4. The van der Waals surface area contributed by atoms with Crippen LogP contribution in [0.3, 0.4) is 0 Å². The molecule has 3 fully saturated rings. The van der Waals surface area contributed by atoms with Crippen molar-refractivity contribution in [2.75, 3.05) is 7.11 Å². The first-order valence-electron chi connectivity index (χ1n) is 9.70. The second kappa shape index (κ2) is 6.18. The summed E-state index contributed by atoms with van der Waals surface area (Å²) in [7, 11) is 1.48. The molecule has 2 aromatic rings. The van der Waals surface area contributed by atoms with Gasteiger partial charge >= 0.3 is 5.97 Å². The van der Waals surface area contributed by atoms with Gasteiger partial charge in [0.25, 0.3) is 0 Å². The molecular weight excluding hydrogens is 340 g/mol. The Hall–Kier alpha value is -2.17. The summed E-state index contributed by atoms with van der Waals surface area (Å²) in [5.41, 5.74) is 1.77. The van der Waals surface area contributed by atoms with E-state index in [1.54, 1.807) is 0 Å². The van der Waals surface area contributed by atoms with Crippen LogP contribution in [-0.4, -0.2) is 18.9 Å². The smallest absolute Gasteiger partial charge is 0.312 e. The van der Waals surface area contributed by atoms with Gasteiger partial charge < -0.3 is 14.2 Å². The molecule has 0 radical (unpaired) electrons. The van der Waals surface area contributed by atoms with Gasteiger partial charge in [-0.15, -0.1) is 0 Å². The monoisotopic (exact) mass is 364 g/mol. The Balaban J connectivity index is 1.53. The Morgan fingerprint density at radius 1 is 0.963 bits per heavy atom. The summed E-state index contributed by atoms with van der Waals surface area (Å²) in [4.78, 5) is 12.5. The van der Waals surface area contributed by atoms with Gasteiger partial charge in [-0.2, -0.15) is 0 Å². The van der Waals surface area contributed by atoms with E-state index < -0.39 is 11.2 Å². The van der Waals surface area contributed by atoms with E-state index in [0.29, 0.717) is 6.42 Å². The number of fused-ring (bicyclic) bond motifs is 3. The highest BCUT2D eigenvalue weighted by molar-refractivity contribution is 5.78. The van der Waals surface area contributed by atoms with Gasteiger partial charge in [0, 0.05) is 12.3 Å². The van der Waals surface area contributed by atoms with Crippen LogP contribution in [-0.2, 0) is 19.0 Å².